The number of aryl methyl sites for hydroxylation is 1. The van der Waals surface area contributed by atoms with Gasteiger partial charge in [-0.2, -0.15) is 0 Å². The third kappa shape index (κ3) is 2.10. The van der Waals surface area contributed by atoms with Crippen molar-refractivity contribution in [2.45, 2.75) is 6.92 Å². The Morgan fingerprint density at radius 2 is 2.05 bits per heavy atom. The second kappa shape index (κ2) is 4.66. The molecule has 0 atom stereocenters. The van der Waals surface area contributed by atoms with Gasteiger partial charge < -0.3 is 15.2 Å². The van der Waals surface area contributed by atoms with E-state index in [1.54, 1.807) is 6.07 Å². The van der Waals surface area contributed by atoms with Crippen LogP contribution in [0.15, 0.2) is 18.2 Å². The minimum Gasteiger partial charge on any atom is -0.358 e. The van der Waals surface area contributed by atoms with Crippen molar-refractivity contribution >= 4 is 16.8 Å². The van der Waals surface area contributed by atoms with Crippen molar-refractivity contribution in [3.8, 4) is 0 Å². The molecule has 1 saturated heterocycles. The minimum atomic E-state index is -0.296. The maximum atomic E-state index is 13.2. The number of benzene rings is 1. The number of rotatable bonds is 1. The van der Waals surface area contributed by atoms with Gasteiger partial charge in [-0.3, -0.25) is 4.79 Å². The molecule has 4 nitrogen and oxygen atoms in total. The fraction of sp³-hybridized carbons (Fsp3) is 0.357. The summed E-state index contributed by atoms with van der Waals surface area (Å²) in [5.74, 6) is -0.272. The molecule has 1 aliphatic rings. The van der Waals surface area contributed by atoms with E-state index in [9.17, 15) is 9.18 Å². The number of halogens is 1. The Morgan fingerprint density at radius 3 is 2.79 bits per heavy atom. The number of H-pyrrole nitrogens is 1. The number of nitrogens with one attached hydrogen (secondary N) is 2. The average molecular weight is 261 g/mol. The van der Waals surface area contributed by atoms with Gasteiger partial charge in [0.05, 0.1) is 5.56 Å². The van der Waals surface area contributed by atoms with Crippen molar-refractivity contribution in [2.75, 3.05) is 26.2 Å². The van der Waals surface area contributed by atoms with Gasteiger partial charge in [0.15, 0.2) is 0 Å². The summed E-state index contributed by atoms with van der Waals surface area (Å²) in [5, 5.41) is 4.02. The van der Waals surface area contributed by atoms with Crippen molar-refractivity contribution in [2.24, 2.45) is 0 Å². The van der Waals surface area contributed by atoms with Crippen LogP contribution in [0.5, 0.6) is 0 Å². The number of nitrogens with zero attached hydrogens (tertiary/aromatic N) is 1. The Kier molecular flexibility index (Phi) is 2.98. The van der Waals surface area contributed by atoms with Crippen molar-refractivity contribution < 1.29 is 9.18 Å². The highest BCUT2D eigenvalue weighted by Crippen LogP contribution is 2.24. The first kappa shape index (κ1) is 12.2. The number of carbonyl (C=O) groups is 1. The fourth-order valence-corrected chi connectivity index (χ4v) is 2.61. The lowest BCUT2D eigenvalue weighted by molar-refractivity contribution is 0.0737. The number of aromatic amines is 1. The number of amides is 1. The van der Waals surface area contributed by atoms with Crippen LogP contribution in [-0.2, 0) is 0 Å². The molecule has 0 aliphatic carbocycles. The second-order valence-corrected chi connectivity index (χ2v) is 4.86. The molecule has 100 valence electrons. The number of hydrogen-bond acceptors (Lipinski definition) is 2. The van der Waals surface area contributed by atoms with Crippen LogP contribution in [0.3, 0.4) is 0 Å². The van der Waals surface area contributed by atoms with E-state index >= 15 is 0 Å². The van der Waals surface area contributed by atoms with Crippen molar-refractivity contribution in [3.63, 3.8) is 0 Å². The van der Waals surface area contributed by atoms with Gasteiger partial charge in [-0.15, -0.1) is 0 Å². The summed E-state index contributed by atoms with van der Waals surface area (Å²) >= 11 is 0. The summed E-state index contributed by atoms with van der Waals surface area (Å²) in [6, 6.07) is 4.49. The predicted molar refractivity (Wildman–Crippen MR) is 71.8 cm³/mol. The highest BCUT2D eigenvalue weighted by molar-refractivity contribution is 6.08. The first-order valence-electron chi connectivity index (χ1n) is 6.44. The van der Waals surface area contributed by atoms with Crippen LogP contribution in [0.1, 0.15) is 16.1 Å². The van der Waals surface area contributed by atoms with Gasteiger partial charge in [0, 0.05) is 42.8 Å². The molecular weight excluding hydrogens is 245 g/mol. The van der Waals surface area contributed by atoms with Crippen LogP contribution in [-0.4, -0.2) is 42.0 Å². The summed E-state index contributed by atoms with van der Waals surface area (Å²) in [7, 11) is 0. The number of carbonyl (C=O) groups excluding carboxylic acids is 1. The van der Waals surface area contributed by atoms with E-state index in [1.807, 2.05) is 11.8 Å². The Bertz CT molecular complexity index is 629. The van der Waals surface area contributed by atoms with Crippen LogP contribution in [0.2, 0.25) is 0 Å². The van der Waals surface area contributed by atoms with Gasteiger partial charge in [0.25, 0.3) is 5.91 Å². The number of aromatic nitrogens is 1. The van der Waals surface area contributed by atoms with Gasteiger partial charge in [-0.1, -0.05) is 0 Å². The molecule has 0 spiro atoms. The minimum absolute atomic E-state index is 0.0249. The topological polar surface area (TPSA) is 48.1 Å². The molecule has 19 heavy (non-hydrogen) atoms. The molecule has 0 radical (unpaired) electrons. The standard InChI is InChI=1S/C14H16FN3O/c1-9-13(14(19)18-6-4-16-5-7-18)11-3-2-10(15)8-12(11)17-9/h2-3,8,16-17H,4-7H2,1H3. The number of fused-ring (bicyclic) bond motifs is 1. The first-order valence-corrected chi connectivity index (χ1v) is 6.44. The smallest absolute Gasteiger partial charge is 0.256 e. The van der Waals surface area contributed by atoms with Crippen LogP contribution in [0.4, 0.5) is 4.39 Å². The molecule has 1 aromatic carbocycles. The van der Waals surface area contributed by atoms with E-state index in [1.165, 1.54) is 12.1 Å². The summed E-state index contributed by atoms with van der Waals surface area (Å²) < 4.78 is 13.2. The lowest BCUT2D eigenvalue weighted by Crippen LogP contribution is -2.46. The predicted octanol–water partition coefficient (Wildman–Crippen LogP) is 1.66. The lowest BCUT2D eigenvalue weighted by atomic mass is 10.1. The fourth-order valence-electron chi connectivity index (χ4n) is 2.61. The van der Waals surface area contributed by atoms with E-state index in [0.29, 0.717) is 24.2 Å². The largest absolute Gasteiger partial charge is 0.358 e. The quantitative estimate of drug-likeness (QED) is 0.820. The second-order valence-electron chi connectivity index (χ2n) is 4.86. The highest BCUT2D eigenvalue weighted by Gasteiger charge is 2.23. The summed E-state index contributed by atoms with van der Waals surface area (Å²) in [6.07, 6.45) is 0. The Balaban J connectivity index is 2.03. The van der Waals surface area contributed by atoms with Crippen LogP contribution >= 0.6 is 0 Å². The molecule has 1 fully saturated rings. The Labute approximate surface area is 110 Å². The van der Waals surface area contributed by atoms with E-state index in [2.05, 4.69) is 10.3 Å². The number of piperazine rings is 1. The average Bonchev–Trinajstić information content (AvgIpc) is 2.74. The monoisotopic (exact) mass is 261 g/mol. The molecular formula is C14H16FN3O. The highest BCUT2D eigenvalue weighted by atomic mass is 19.1. The van der Waals surface area contributed by atoms with Crippen molar-refractivity contribution in [1.82, 2.24) is 15.2 Å². The molecule has 0 bridgehead atoms. The van der Waals surface area contributed by atoms with E-state index < -0.39 is 0 Å². The van der Waals surface area contributed by atoms with E-state index in [0.717, 1.165) is 24.2 Å². The van der Waals surface area contributed by atoms with Gasteiger partial charge in [0.2, 0.25) is 0 Å². The molecule has 1 aliphatic heterocycles. The van der Waals surface area contributed by atoms with Gasteiger partial charge in [-0.05, 0) is 25.1 Å². The zero-order valence-electron chi connectivity index (χ0n) is 10.8. The Morgan fingerprint density at radius 1 is 1.32 bits per heavy atom. The van der Waals surface area contributed by atoms with Crippen LogP contribution in [0.25, 0.3) is 10.9 Å². The molecule has 0 unspecified atom stereocenters. The van der Waals surface area contributed by atoms with Crippen LogP contribution < -0.4 is 5.32 Å². The molecule has 1 amide bonds. The van der Waals surface area contributed by atoms with E-state index in [-0.39, 0.29) is 11.7 Å². The molecule has 2 heterocycles. The zero-order chi connectivity index (χ0) is 13.4. The lowest BCUT2D eigenvalue weighted by Gasteiger charge is -2.27. The summed E-state index contributed by atoms with van der Waals surface area (Å²) in [4.78, 5) is 17.5. The van der Waals surface area contributed by atoms with Crippen LogP contribution in [0, 0.1) is 12.7 Å². The summed E-state index contributed by atoms with van der Waals surface area (Å²) in [5.41, 5.74) is 2.14. The van der Waals surface area contributed by atoms with E-state index in [4.69, 9.17) is 0 Å². The van der Waals surface area contributed by atoms with Crippen molar-refractivity contribution in [3.05, 3.63) is 35.3 Å². The SMILES string of the molecule is Cc1[nH]c2cc(F)ccc2c1C(=O)N1CCNCC1. The molecule has 5 heteroatoms. The number of hydrogen-bond donors (Lipinski definition) is 2. The Hall–Kier alpha value is -1.88. The summed E-state index contributed by atoms with van der Waals surface area (Å²) in [6.45, 7) is 4.93. The molecule has 1 aromatic heterocycles. The molecule has 3 rings (SSSR count). The van der Waals surface area contributed by atoms with Gasteiger partial charge in [-0.25, -0.2) is 4.39 Å². The van der Waals surface area contributed by atoms with Gasteiger partial charge in [0.1, 0.15) is 5.82 Å². The molecule has 0 saturated carbocycles. The maximum absolute atomic E-state index is 13.2. The first-order chi connectivity index (χ1) is 9.16. The normalized spacial score (nSPS) is 16.0. The van der Waals surface area contributed by atoms with Gasteiger partial charge >= 0.3 is 0 Å². The zero-order valence-corrected chi connectivity index (χ0v) is 10.8. The van der Waals surface area contributed by atoms with Crippen molar-refractivity contribution in [1.29, 1.82) is 0 Å². The third-order valence-corrected chi connectivity index (χ3v) is 3.57. The maximum Gasteiger partial charge on any atom is 0.256 e. The molecule has 2 N–H and O–H groups in total. The third-order valence-electron chi connectivity index (χ3n) is 3.57. The molecule has 2 aromatic rings.